The van der Waals surface area contributed by atoms with Gasteiger partial charge in [-0.25, -0.2) is 0 Å². The van der Waals surface area contributed by atoms with E-state index in [-0.39, 0.29) is 37.4 Å². The number of halogens is 1. The summed E-state index contributed by atoms with van der Waals surface area (Å²) in [5.41, 5.74) is 6.17. The van der Waals surface area contributed by atoms with Crippen molar-refractivity contribution in [2.45, 2.75) is 6.04 Å². The van der Waals surface area contributed by atoms with Crippen LogP contribution in [0.1, 0.15) is 0 Å². The van der Waals surface area contributed by atoms with Crippen LogP contribution in [0.3, 0.4) is 0 Å². The summed E-state index contributed by atoms with van der Waals surface area (Å²) in [5.74, 6) is -0.00626. The van der Waals surface area contributed by atoms with Crippen molar-refractivity contribution in [1.29, 1.82) is 0 Å². The summed E-state index contributed by atoms with van der Waals surface area (Å²) >= 11 is 0. The number of anilines is 1. The lowest BCUT2D eigenvalue weighted by Gasteiger charge is -2.13. The van der Waals surface area contributed by atoms with E-state index in [9.17, 15) is 9.59 Å². The SMILES string of the molecule is COCC(N)C(=O)Nc1cccc(OCC(=O)N(C)C)c1.Cl. The average molecular weight is 332 g/mol. The van der Waals surface area contributed by atoms with Gasteiger partial charge in [-0.3, -0.25) is 9.59 Å². The van der Waals surface area contributed by atoms with E-state index in [2.05, 4.69) is 5.32 Å². The highest BCUT2D eigenvalue weighted by Crippen LogP contribution is 2.17. The van der Waals surface area contributed by atoms with Crippen LogP contribution in [0, 0.1) is 0 Å². The number of rotatable bonds is 7. The van der Waals surface area contributed by atoms with Gasteiger partial charge in [0.1, 0.15) is 11.8 Å². The average Bonchev–Trinajstić information content (AvgIpc) is 2.45. The smallest absolute Gasteiger partial charge is 0.259 e. The fourth-order valence-corrected chi connectivity index (χ4v) is 1.43. The van der Waals surface area contributed by atoms with Gasteiger partial charge in [-0.1, -0.05) is 6.07 Å². The lowest BCUT2D eigenvalue weighted by atomic mass is 10.2. The molecule has 22 heavy (non-hydrogen) atoms. The van der Waals surface area contributed by atoms with Crippen molar-refractivity contribution in [2.24, 2.45) is 5.73 Å². The molecule has 0 aromatic heterocycles. The van der Waals surface area contributed by atoms with Crippen LogP contribution in [0.5, 0.6) is 5.75 Å². The highest BCUT2D eigenvalue weighted by atomic mass is 35.5. The molecule has 0 aliphatic carbocycles. The Labute approximate surface area is 136 Å². The standard InChI is InChI=1S/C14H21N3O4.ClH/c1-17(2)13(18)9-21-11-6-4-5-10(7-11)16-14(19)12(15)8-20-3;/h4-7,12H,8-9,15H2,1-3H3,(H,16,19);1H. The molecule has 1 unspecified atom stereocenters. The molecule has 0 spiro atoms. The summed E-state index contributed by atoms with van der Waals surface area (Å²) < 4.78 is 10.2. The predicted molar refractivity (Wildman–Crippen MR) is 86.4 cm³/mol. The summed E-state index contributed by atoms with van der Waals surface area (Å²) in [6, 6.07) is 6.01. The second-order valence-electron chi connectivity index (χ2n) is 4.66. The third-order valence-electron chi connectivity index (χ3n) is 2.65. The third kappa shape index (κ3) is 6.75. The number of carbonyl (C=O) groups is 2. The quantitative estimate of drug-likeness (QED) is 0.758. The topological polar surface area (TPSA) is 93.9 Å². The van der Waals surface area contributed by atoms with Gasteiger partial charge >= 0.3 is 0 Å². The Bertz CT molecular complexity index is 497. The maximum Gasteiger partial charge on any atom is 0.259 e. The molecule has 0 aliphatic rings. The Balaban J connectivity index is 0.00000441. The number of hydrogen-bond donors (Lipinski definition) is 2. The molecule has 0 aliphatic heterocycles. The molecule has 1 atom stereocenters. The fourth-order valence-electron chi connectivity index (χ4n) is 1.43. The van der Waals surface area contributed by atoms with Gasteiger partial charge in [-0.15, -0.1) is 12.4 Å². The molecule has 0 saturated carbocycles. The second-order valence-corrected chi connectivity index (χ2v) is 4.66. The van der Waals surface area contributed by atoms with Gasteiger partial charge in [0, 0.05) is 33.0 Å². The molecule has 1 rings (SSSR count). The third-order valence-corrected chi connectivity index (χ3v) is 2.65. The number of hydrogen-bond acceptors (Lipinski definition) is 5. The summed E-state index contributed by atoms with van der Waals surface area (Å²) in [4.78, 5) is 24.6. The van der Waals surface area contributed by atoms with E-state index >= 15 is 0 Å². The van der Waals surface area contributed by atoms with Crippen molar-refractivity contribution >= 4 is 29.9 Å². The van der Waals surface area contributed by atoms with Gasteiger partial charge in [-0.2, -0.15) is 0 Å². The number of carbonyl (C=O) groups excluding carboxylic acids is 2. The van der Waals surface area contributed by atoms with E-state index < -0.39 is 6.04 Å². The molecule has 0 saturated heterocycles. The van der Waals surface area contributed by atoms with Crippen LogP contribution in [-0.2, 0) is 14.3 Å². The van der Waals surface area contributed by atoms with Crippen molar-refractivity contribution in [1.82, 2.24) is 4.90 Å². The van der Waals surface area contributed by atoms with Crippen molar-refractivity contribution in [2.75, 3.05) is 39.7 Å². The van der Waals surface area contributed by atoms with Crippen LogP contribution in [0.2, 0.25) is 0 Å². The van der Waals surface area contributed by atoms with Crippen molar-refractivity contribution < 1.29 is 19.1 Å². The molecule has 3 N–H and O–H groups in total. The first-order valence-corrected chi connectivity index (χ1v) is 6.42. The molecule has 7 nitrogen and oxygen atoms in total. The molecule has 0 heterocycles. The molecule has 0 radical (unpaired) electrons. The molecule has 2 amide bonds. The Kier molecular flexibility index (Phi) is 9.16. The summed E-state index contributed by atoms with van der Waals surface area (Å²) in [6.45, 7) is 0.0763. The van der Waals surface area contributed by atoms with Gasteiger partial charge in [0.05, 0.1) is 6.61 Å². The maximum absolute atomic E-state index is 11.8. The highest BCUT2D eigenvalue weighted by molar-refractivity contribution is 5.94. The van der Waals surface area contributed by atoms with Gasteiger partial charge in [0.25, 0.3) is 5.91 Å². The van der Waals surface area contributed by atoms with Crippen LogP contribution in [0.4, 0.5) is 5.69 Å². The molecule has 0 fully saturated rings. The summed E-state index contributed by atoms with van der Waals surface area (Å²) in [7, 11) is 4.78. The number of nitrogens with one attached hydrogen (secondary N) is 1. The minimum absolute atomic E-state index is 0. The van der Waals surface area contributed by atoms with E-state index in [4.69, 9.17) is 15.2 Å². The lowest BCUT2D eigenvalue weighted by molar-refractivity contribution is -0.130. The van der Waals surface area contributed by atoms with Gasteiger partial charge in [-0.05, 0) is 12.1 Å². The van der Waals surface area contributed by atoms with E-state index in [1.54, 1.807) is 38.4 Å². The van der Waals surface area contributed by atoms with Gasteiger partial charge in [0.2, 0.25) is 5.91 Å². The van der Waals surface area contributed by atoms with Gasteiger partial charge in [0.15, 0.2) is 6.61 Å². The number of benzene rings is 1. The van der Waals surface area contributed by atoms with Gasteiger partial charge < -0.3 is 25.4 Å². The Hall–Kier alpha value is -1.83. The fraction of sp³-hybridized carbons (Fsp3) is 0.429. The maximum atomic E-state index is 11.8. The zero-order valence-electron chi connectivity index (χ0n) is 12.9. The Morgan fingerprint density at radius 2 is 2.05 bits per heavy atom. The van der Waals surface area contributed by atoms with E-state index in [1.165, 1.54) is 12.0 Å². The van der Waals surface area contributed by atoms with E-state index in [0.717, 1.165) is 0 Å². The van der Waals surface area contributed by atoms with E-state index in [1.807, 2.05) is 0 Å². The zero-order chi connectivity index (χ0) is 15.8. The van der Waals surface area contributed by atoms with Crippen molar-refractivity contribution in [3.8, 4) is 5.75 Å². The molecule has 124 valence electrons. The molecule has 1 aromatic carbocycles. The minimum Gasteiger partial charge on any atom is -0.484 e. The number of ether oxygens (including phenoxy) is 2. The monoisotopic (exact) mass is 331 g/mol. The first-order chi connectivity index (χ1) is 9.93. The van der Waals surface area contributed by atoms with Crippen LogP contribution >= 0.6 is 12.4 Å². The molecule has 1 aromatic rings. The summed E-state index contributed by atoms with van der Waals surface area (Å²) in [5, 5.41) is 2.66. The largest absolute Gasteiger partial charge is 0.484 e. The van der Waals surface area contributed by atoms with Crippen LogP contribution in [0.15, 0.2) is 24.3 Å². The zero-order valence-corrected chi connectivity index (χ0v) is 13.7. The van der Waals surface area contributed by atoms with Crippen LogP contribution in [0.25, 0.3) is 0 Å². The molecule has 0 bridgehead atoms. The van der Waals surface area contributed by atoms with Crippen LogP contribution in [-0.4, -0.2) is 57.2 Å². The first-order valence-electron chi connectivity index (χ1n) is 6.42. The van der Waals surface area contributed by atoms with Crippen molar-refractivity contribution in [3.63, 3.8) is 0 Å². The Morgan fingerprint density at radius 3 is 2.64 bits per heavy atom. The number of nitrogens with two attached hydrogens (primary N) is 1. The lowest BCUT2D eigenvalue weighted by Crippen LogP contribution is -2.39. The second kappa shape index (κ2) is 9.99. The van der Waals surface area contributed by atoms with Crippen LogP contribution < -0.4 is 15.8 Å². The normalized spacial score (nSPS) is 11.1. The molecular formula is C14H22ClN3O4. The predicted octanol–water partition coefficient (Wildman–Crippen LogP) is 0.488. The molecular weight excluding hydrogens is 310 g/mol. The number of nitrogens with zero attached hydrogens (tertiary/aromatic N) is 1. The molecule has 8 heteroatoms. The highest BCUT2D eigenvalue weighted by Gasteiger charge is 2.13. The number of likely N-dealkylation sites (N-methyl/N-ethyl adjacent to an activating group) is 1. The van der Waals surface area contributed by atoms with Crippen molar-refractivity contribution in [3.05, 3.63) is 24.3 Å². The van der Waals surface area contributed by atoms with E-state index in [0.29, 0.717) is 11.4 Å². The summed E-state index contributed by atoms with van der Waals surface area (Å²) in [6.07, 6.45) is 0. The number of methoxy groups -OCH3 is 1. The number of amides is 2. The Morgan fingerprint density at radius 1 is 1.36 bits per heavy atom. The minimum atomic E-state index is -0.741. The first kappa shape index (κ1) is 20.2.